The third kappa shape index (κ3) is 1.74. The number of hydrogen-bond donors (Lipinski definition) is 0. The van der Waals surface area contributed by atoms with Crippen LogP contribution in [0.5, 0.6) is 0 Å². The van der Waals surface area contributed by atoms with E-state index in [4.69, 9.17) is 4.74 Å². The largest absolute Gasteiger partial charge is 0.377 e. The zero-order valence-electron chi connectivity index (χ0n) is 8.04. The van der Waals surface area contributed by atoms with Crippen LogP contribution in [0.25, 0.3) is 0 Å². The number of hydrogen-bond acceptors (Lipinski definition) is 2. The SMILES string of the molecule is COC1(C)CSc2ccccc2C1. The summed E-state index contributed by atoms with van der Waals surface area (Å²) in [4.78, 5) is 1.41. The van der Waals surface area contributed by atoms with Crippen molar-refractivity contribution in [2.45, 2.75) is 23.8 Å². The van der Waals surface area contributed by atoms with Crippen LogP contribution in [-0.4, -0.2) is 18.5 Å². The third-order valence-corrected chi connectivity index (χ3v) is 4.03. The molecule has 0 aromatic heterocycles. The highest BCUT2D eigenvalue weighted by atomic mass is 32.2. The van der Waals surface area contributed by atoms with Crippen molar-refractivity contribution < 1.29 is 4.74 Å². The second-order valence-electron chi connectivity index (χ2n) is 3.73. The van der Waals surface area contributed by atoms with Crippen LogP contribution < -0.4 is 0 Å². The van der Waals surface area contributed by atoms with Crippen molar-refractivity contribution in [3.05, 3.63) is 29.8 Å². The molecule has 0 fully saturated rings. The zero-order chi connectivity index (χ0) is 9.31. The average Bonchev–Trinajstić information content (AvgIpc) is 2.18. The van der Waals surface area contributed by atoms with E-state index in [1.807, 2.05) is 11.8 Å². The Kier molecular flexibility index (Phi) is 2.35. The first-order valence-electron chi connectivity index (χ1n) is 4.49. The number of methoxy groups -OCH3 is 1. The molecule has 1 aromatic carbocycles. The van der Waals surface area contributed by atoms with Crippen molar-refractivity contribution in [1.82, 2.24) is 0 Å². The fraction of sp³-hybridized carbons (Fsp3) is 0.455. The van der Waals surface area contributed by atoms with Crippen molar-refractivity contribution in [1.29, 1.82) is 0 Å². The lowest BCUT2D eigenvalue weighted by atomic mass is 9.97. The van der Waals surface area contributed by atoms with Crippen LogP contribution in [-0.2, 0) is 11.2 Å². The molecule has 1 aliphatic heterocycles. The van der Waals surface area contributed by atoms with Gasteiger partial charge in [-0.1, -0.05) is 18.2 Å². The molecule has 70 valence electrons. The van der Waals surface area contributed by atoms with Crippen LogP contribution in [0.3, 0.4) is 0 Å². The van der Waals surface area contributed by atoms with Crippen molar-refractivity contribution in [3.8, 4) is 0 Å². The molecule has 1 atom stereocenters. The second kappa shape index (κ2) is 3.35. The van der Waals surface area contributed by atoms with Crippen LogP contribution in [0.15, 0.2) is 29.2 Å². The fourth-order valence-electron chi connectivity index (χ4n) is 1.61. The zero-order valence-corrected chi connectivity index (χ0v) is 8.86. The molecule has 2 heteroatoms. The van der Waals surface area contributed by atoms with E-state index in [2.05, 4.69) is 31.2 Å². The van der Waals surface area contributed by atoms with Crippen molar-refractivity contribution in [2.75, 3.05) is 12.9 Å². The van der Waals surface area contributed by atoms with Gasteiger partial charge in [-0.25, -0.2) is 0 Å². The van der Waals surface area contributed by atoms with Crippen molar-refractivity contribution in [2.24, 2.45) is 0 Å². The molecular weight excluding hydrogens is 180 g/mol. The molecule has 0 saturated heterocycles. The van der Waals surface area contributed by atoms with Gasteiger partial charge in [0.05, 0.1) is 5.60 Å². The Balaban J connectivity index is 2.29. The van der Waals surface area contributed by atoms with Crippen LogP contribution in [0.1, 0.15) is 12.5 Å². The van der Waals surface area contributed by atoms with E-state index in [0.29, 0.717) is 0 Å². The predicted octanol–water partition coefficient (Wildman–Crippen LogP) is 2.74. The lowest BCUT2D eigenvalue weighted by Crippen LogP contribution is -2.35. The highest BCUT2D eigenvalue weighted by Gasteiger charge is 2.29. The molecule has 0 radical (unpaired) electrons. The van der Waals surface area contributed by atoms with Gasteiger partial charge in [-0.2, -0.15) is 0 Å². The summed E-state index contributed by atoms with van der Waals surface area (Å²) < 4.78 is 5.51. The minimum Gasteiger partial charge on any atom is -0.377 e. The summed E-state index contributed by atoms with van der Waals surface area (Å²) in [5.41, 5.74) is 1.45. The van der Waals surface area contributed by atoms with E-state index in [-0.39, 0.29) is 5.60 Å². The van der Waals surface area contributed by atoms with Gasteiger partial charge in [-0.05, 0) is 18.6 Å². The lowest BCUT2D eigenvalue weighted by molar-refractivity contribution is 0.0256. The van der Waals surface area contributed by atoms with E-state index in [0.717, 1.165) is 12.2 Å². The molecule has 13 heavy (non-hydrogen) atoms. The summed E-state index contributed by atoms with van der Waals surface area (Å²) in [7, 11) is 1.80. The summed E-state index contributed by atoms with van der Waals surface area (Å²) >= 11 is 1.90. The van der Waals surface area contributed by atoms with Gasteiger partial charge in [0, 0.05) is 24.2 Å². The smallest absolute Gasteiger partial charge is 0.0784 e. The normalized spacial score (nSPS) is 26.9. The average molecular weight is 194 g/mol. The Labute approximate surface area is 83.5 Å². The summed E-state index contributed by atoms with van der Waals surface area (Å²) in [5, 5.41) is 0. The standard InChI is InChI=1S/C11H14OS/c1-11(12-2)7-9-5-3-4-6-10(9)13-8-11/h3-6H,7-8H2,1-2H3. The Hall–Kier alpha value is -0.470. The van der Waals surface area contributed by atoms with Gasteiger partial charge in [-0.15, -0.1) is 11.8 Å². The lowest BCUT2D eigenvalue weighted by Gasteiger charge is -2.32. The molecule has 0 amide bonds. The Morgan fingerprint density at radius 3 is 2.92 bits per heavy atom. The van der Waals surface area contributed by atoms with Crippen molar-refractivity contribution >= 4 is 11.8 Å². The molecule has 0 saturated carbocycles. The molecule has 1 unspecified atom stereocenters. The summed E-state index contributed by atoms with van der Waals surface area (Å²) in [6, 6.07) is 8.58. The second-order valence-corrected chi connectivity index (χ2v) is 4.74. The van der Waals surface area contributed by atoms with Crippen LogP contribution in [0.4, 0.5) is 0 Å². The van der Waals surface area contributed by atoms with Gasteiger partial charge in [-0.3, -0.25) is 0 Å². The maximum absolute atomic E-state index is 5.51. The van der Waals surface area contributed by atoms with Crippen LogP contribution >= 0.6 is 11.8 Å². The topological polar surface area (TPSA) is 9.23 Å². The first kappa shape index (κ1) is 9.10. The molecule has 0 bridgehead atoms. The molecule has 2 rings (SSSR count). The Morgan fingerprint density at radius 1 is 1.38 bits per heavy atom. The number of ether oxygens (including phenoxy) is 1. The highest BCUT2D eigenvalue weighted by Crippen LogP contribution is 2.36. The molecule has 1 aromatic rings. The van der Waals surface area contributed by atoms with Crippen LogP contribution in [0, 0.1) is 0 Å². The fourth-order valence-corrected chi connectivity index (χ4v) is 2.79. The van der Waals surface area contributed by atoms with Gasteiger partial charge in [0.2, 0.25) is 0 Å². The Bertz CT molecular complexity index is 311. The van der Waals surface area contributed by atoms with E-state index in [1.54, 1.807) is 7.11 Å². The number of fused-ring (bicyclic) bond motifs is 1. The maximum Gasteiger partial charge on any atom is 0.0784 e. The van der Waals surface area contributed by atoms with E-state index >= 15 is 0 Å². The molecule has 0 spiro atoms. The molecule has 1 heterocycles. The summed E-state index contributed by atoms with van der Waals surface area (Å²) in [6.07, 6.45) is 1.03. The summed E-state index contributed by atoms with van der Waals surface area (Å²) in [5.74, 6) is 1.06. The third-order valence-electron chi connectivity index (χ3n) is 2.56. The molecular formula is C11H14OS. The van der Waals surface area contributed by atoms with Gasteiger partial charge < -0.3 is 4.74 Å². The van der Waals surface area contributed by atoms with Gasteiger partial charge in [0.1, 0.15) is 0 Å². The first-order chi connectivity index (χ1) is 6.23. The quantitative estimate of drug-likeness (QED) is 0.680. The van der Waals surface area contributed by atoms with Gasteiger partial charge in [0.25, 0.3) is 0 Å². The molecule has 0 aliphatic carbocycles. The molecule has 0 N–H and O–H groups in total. The van der Waals surface area contributed by atoms with E-state index in [9.17, 15) is 0 Å². The predicted molar refractivity (Wildman–Crippen MR) is 56.3 cm³/mol. The first-order valence-corrected chi connectivity index (χ1v) is 5.48. The Morgan fingerprint density at radius 2 is 2.15 bits per heavy atom. The molecule has 1 aliphatic rings. The minimum absolute atomic E-state index is 0.0268. The number of rotatable bonds is 1. The van der Waals surface area contributed by atoms with Gasteiger partial charge >= 0.3 is 0 Å². The highest BCUT2D eigenvalue weighted by molar-refractivity contribution is 7.99. The van der Waals surface area contributed by atoms with E-state index < -0.39 is 0 Å². The van der Waals surface area contributed by atoms with E-state index in [1.165, 1.54) is 10.5 Å². The van der Waals surface area contributed by atoms with Crippen LogP contribution in [0.2, 0.25) is 0 Å². The minimum atomic E-state index is 0.0268. The number of thioether (sulfide) groups is 1. The number of benzene rings is 1. The molecule has 1 nitrogen and oxygen atoms in total. The van der Waals surface area contributed by atoms with Crippen molar-refractivity contribution in [3.63, 3.8) is 0 Å². The summed E-state index contributed by atoms with van der Waals surface area (Å²) in [6.45, 7) is 2.18. The van der Waals surface area contributed by atoms with Gasteiger partial charge in [0.15, 0.2) is 0 Å². The maximum atomic E-state index is 5.51. The monoisotopic (exact) mass is 194 g/mol.